The minimum Gasteiger partial charge on any atom is -0.200 e. The quantitative estimate of drug-likeness (QED) is 0.419. The van der Waals surface area contributed by atoms with Crippen molar-refractivity contribution >= 4 is 28.2 Å². The molecular weight excluding hydrogens is 369 g/mol. The molecule has 0 fully saturated rings. The Morgan fingerprint density at radius 3 is 2.40 bits per heavy atom. The third-order valence-electron chi connectivity index (χ3n) is 3.59. The van der Waals surface area contributed by atoms with Crippen molar-refractivity contribution in [3.63, 3.8) is 0 Å². The lowest BCUT2D eigenvalue weighted by Gasteiger charge is -2.21. The highest BCUT2D eigenvalue weighted by atomic mass is 127. The lowest BCUT2D eigenvalue weighted by molar-refractivity contribution is 0.0581. The van der Waals surface area contributed by atoms with Gasteiger partial charge in [0, 0.05) is 6.42 Å². The summed E-state index contributed by atoms with van der Waals surface area (Å²) < 4.78 is 27.5. The Morgan fingerprint density at radius 2 is 1.80 bits per heavy atom. The summed E-state index contributed by atoms with van der Waals surface area (Å²) in [6.07, 6.45) is 7.85. The Morgan fingerprint density at radius 1 is 1.10 bits per heavy atom. The summed E-state index contributed by atoms with van der Waals surface area (Å²) in [6, 6.07) is 8.06. The zero-order valence-corrected chi connectivity index (χ0v) is 13.8. The molecule has 0 N–H and O–H groups in total. The second-order valence-corrected chi connectivity index (χ2v) is 6.40. The van der Waals surface area contributed by atoms with Crippen LogP contribution in [0.3, 0.4) is 0 Å². The largest absolute Gasteiger partial charge is 0.282 e. The first-order valence-electron chi connectivity index (χ1n) is 7.07. The van der Waals surface area contributed by atoms with E-state index in [0.717, 1.165) is 17.6 Å². The number of rotatable bonds is 5. The average Bonchev–Trinajstić information content (AvgIpc) is 2.43. The predicted octanol–water partition coefficient (Wildman–Crippen LogP) is 6.16. The Kier molecular flexibility index (Phi) is 5.35. The lowest BCUT2D eigenvalue weighted by Crippen LogP contribution is -2.18. The number of unbranched alkanes of at least 4 members (excludes halogenated alkanes) is 2. The van der Waals surface area contributed by atoms with Crippen molar-refractivity contribution in [3.8, 4) is 0 Å². The Bertz CT molecular complexity index is 512. The molecule has 1 aromatic rings. The maximum absolute atomic E-state index is 13.7. The van der Waals surface area contributed by atoms with Gasteiger partial charge in [-0.3, -0.25) is 0 Å². The SMILES string of the molecule is CCCCCc1ccc(C2=CC=C(I)C(F)(F)C2)cc1. The highest BCUT2D eigenvalue weighted by molar-refractivity contribution is 14.1. The first-order valence-corrected chi connectivity index (χ1v) is 8.15. The van der Waals surface area contributed by atoms with E-state index in [4.69, 9.17) is 0 Å². The standard InChI is InChI=1S/C17H19F2I/c1-2-3-4-5-13-6-8-14(9-7-13)15-10-11-16(20)17(18,19)12-15/h6-11H,2-5,12H2,1H3. The molecule has 0 spiro atoms. The Hall–Kier alpha value is -0.710. The average molecular weight is 388 g/mol. The molecule has 0 unspecified atom stereocenters. The summed E-state index contributed by atoms with van der Waals surface area (Å²) in [5.74, 6) is -2.72. The third-order valence-corrected chi connectivity index (χ3v) is 4.74. The van der Waals surface area contributed by atoms with Crippen LogP contribution in [0.1, 0.15) is 43.7 Å². The monoisotopic (exact) mass is 388 g/mol. The van der Waals surface area contributed by atoms with Gasteiger partial charge in [0.1, 0.15) is 0 Å². The van der Waals surface area contributed by atoms with Crippen molar-refractivity contribution < 1.29 is 8.78 Å². The number of benzene rings is 1. The van der Waals surface area contributed by atoms with Gasteiger partial charge < -0.3 is 0 Å². The molecule has 1 aliphatic carbocycles. The van der Waals surface area contributed by atoms with E-state index in [1.54, 1.807) is 22.6 Å². The van der Waals surface area contributed by atoms with E-state index in [1.807, 2.05) is 18.2 Å². The van der Waals surface area contributed by atoms with Crippen molar-refractivity contribution in [2.75, 3.05) is 0 Å². The van der Waals surface area contributed by atoms with Crippen LogP contribution in [0.2, 0.25) is 0 Å². The van der Waals surface area contributed by atoms with Gasteiger partial charge in [-0.2, -0.15) is 0 Å². The van der Waals surface area contributed by atoms with Crippen LogP contribution < -0.4 is 0 Å². The molecule has 0 aromatic heterocycles. The van der Waals surface area contributed by atoms with Crippen LogP contribution >= 0.6 is 22.6 Å². The smallest absolute Gasteiger partial charge is 0.200 e. The fourth-order valence-electron chi connectivity index (χ4n) is 2.34. The van der Waals surface area contributed by atoms with Crippen LogP contribution in [0.25, 0.3) is 5.57 Å². The van der Waals surface area contributed by atoms with Crippen molar-refractivity contribution in [2.45, 2.75) is 45.0 Å². The third kappa shape index (κ3) is 3.90. The van der Waals surface area contributed by atoms with Gasteiger partial charge in [0.05, 0.1) is 3.58 Å². The fraction of sp³-hybridized carbons (Fsp3) is 0.412. The van der Waals surface area contributed by atoms with E-state index in [0.29, 0.717) is 0 Å². The maximum Gasteiger partial charge on any atom is 0.282 e. The number of aryl methyl sites for hydroxylation is 1. The fourth-order valence-corrected chi connectivity index (χ4v) is 2.71. The van der Waals surface area contributed by atoms with E-state index in [-0.39, 0.29) is 10.0 Å². The van der Waals surface area contributed by atoms with Gasteiger partial charge in [-0.25, -0.2) is 8.78 Å². The van der Waals surface area contributed by atoms with Gasteiger partial charge >= 0.3 is 0 Å². The van der Waals surface area contributed by atoms with Gasteiger partial charge in [-0.05, 0) is 58.2 Å². The van der Waals surface area contributed by atoms with Gasteiger partial charge in [-0.1, -0.05) is 50.1 Å². The topological polar surface area (TPSA) is 0 Å². The van der Waals surface area contributed by atoms with Crippen LogP contribution in [-0.2, 0) is 6.42 Å². The molecule has 0 atom stereocenters. The number of halogens is 3. The summed E-state index contributed by atoms with van der Waals surface area (Å²) in [5.41, 5.74) is 2.91. The van der Waals surface area contributed by atoms with Gasteiger partial charge in [0.15, 0.2) is 0 Å². The van der Waals surface area contributed by atoms with Gasteiger partial charge in [-0.15, -0.1) is 0 Å². The zero-order chi connectivity index (χ0) is 14.6. The highest BCUT2D eigenvalue weighted by Crippen LogP contribution is 2.41. The maximum atomic E-state index is 13.7. The highest BCUT2D eigenvalue weighted by Gasteiger charge is 2.35. The van der Waals surface area contributed by atoms with Crippen molar-refractivity contribution in [2.24, 2.45) is 0 Å². The molecule has 0 heterocycles. The van der Waals surface area contributed by atoms with E-state index < -0.39 is 5.92 Å². The number of hydrogen-bond donors (Lipinski definition) is 0. The molecule has 108 valence electrons. The molecule has 20 heavy (non-hydrogen) atoms. The molecule has 0 aliphatic heterocycles. The summed E-state index contributed by atoms with van der Waals surface area (Å²) in [5, 5.41) is 0. The first kappa shape index (κ1) is 15.7. The van der Waals surface area contributed by atoms with Crippen molar-refractivity contribution in [1.82, 2.24) is 0 Å². The minimum atomic E-state index is -2.72. The van der Waals surface area contributed by atoms with Crippen LogP contribution in [0, 0.1) is 0 Å². The van der Waals surface area contributed by atoms with Crippen LogP contribution in [0.4, 0.5) is 8.78 Å². The van der Waals surface area contributed by atoms with Gasteiger partial charge in [0.25, 0.3) is 5.92 Å². The second-order valence-electron chi connectivity index (χ2n) is 5.24. The number of alkyl halides is 2. The molecule has 0 radical (unpaired) electrons. The molecule has 0 amide bonds. The van der Waals surface area contributed by atoms with Crippen molar-refractivity contribution in [3.05, 3.63) is 51.1 Å². The van der Waals surface area contributed by atoms with E-state index in [1.165, 1.54) is 30.9 Å². The summed E-state index contributed by atoms with van der Waals surface area (Å²) in [7, 11) is 0. The van der Waals surface area contributed by atoms with E-state index in [9.17, 15) is 8.78 Å². The number of hydrogen-bond acceptors (Lipinski definition) is 0. The molecule has 1 aliphatic rings. The van der Waals surface area contributed by atoms with Crippen LogP contribution in [0.5, 0.6) is 0 Å². The normalized spacial score (nSPS) is 17.6. The summed E-state index contributed by atoms with van der Waals surface area (Å²) in [4.78, 5) is 0. The minimum absolute atomic E-state index is 0.120. The Labute approximate surface area is 133 Å². The first-order chi connectivity index (χ1) is 9.53. The summed E-state index contributed by atoms with van der Waals surface area (Å²) >= 11 is 1.72. The Balaban J connectivity index is 2.07. The molecule has 3 heteroatoms. The number of allylic oxidation sites excluding steroid dienone is 4. The predicted molar refractivity (Wildman–Crippen MR) is 89.3 cm³/mol. The van der Waals surface area contributed by atoms with E-state index >= 15 is 0 Å². The molecule has 0 saturated heterocycles. The summed E-state index contributed by atoms with van der Waals surface area (Å²) in [6.45, 7) is 2.19. The zero-order valence-electron chi connectivity index (χ0n) is 11.6. The van der Waals surface area contributed by atoms with E-state index in [2.05, 4.69) is 19.1 Å². The molecule has 1 aromatic carbocycles. The van der Waals surface area contributed by atoms with Crippen molar-refractivity contribution in [1.29, 1.82) is 0 Å². The molecule has 0 nitrogen and oxygen atoms in total. The molecule has 2 rings (SSSR count). The van der Waals surface area contributed by atoms with Gasteiger partial charge in [0.2, 0.25) is 0 Å². The lowest BCUT2D eigenvalue weighted by atomic mass is 9.94. The molecule has 0 bridgehead atoms. The van der Waals surface area contributed by atoms with Crippen LogP contribution in [0.15, 0.2) is 40.0 Å². The second kappa shape index (κ2) is 6.83. The molecule has 0 saturated carbocycles. The van der Waals surface area contributed by atoms with Crippen LogP contribution in [-0.4, -0.2) is 5.92 Å². The molecular formula is C17H19F2I.